The van der Waals surface area contributed by atoms with Gasteiger partial charge in [0, 0.05) is 17.1 Å². The van der Waals surface area contributed by atoms with Crippen molar-refractivity contribution in [2.45, 2.75) is 0 Å². The molecular formula is C15H10BrClN2O2. The van der Waals surface area contributed by atoms with Crippen LogP contribution in [0, 0.1) is 0 Å². The third-order valence-corrected chi connectivity index (χ3v) is 4.11. The van der Waals surface area contributed by atoms with Gasteiger partial charge in [0.1, 0.15) is 5.82 Å². The first-order valence-corrected chi connectivity index (χ1v) is 7.29. The largest absolute Gasteiger partial charge is 0.478 e. The van der Waals surface area contributed by atoms with Crippen LogP contribution < -0.4 is 0 Å². The summed E-state index contributed by atoms with van der Waals surface area (Å²) in [6.45, 7) is 0. The van der Waals surface area contributed by atoms with Crippen LogP contribution in [0.5, 0.6) is 0 Å². The van der Waals surface area contributed by atoms with Crippen molar-refractivity contribution in [3.8, 4) is 11.4 Å². The highest BCUT2D eigenvalue weighted by Crippen LogP contribution is 2.31. The molecule has 0 aliphatic heterocycles. The summed E-state index contributed by atoms with van der Waals surface area (Å²) in [5.74, 6) is -0.268. The average Bonchev–Trinajstić information content (AvgIpc) is 2.75. The van der Waals surface area contributed by atoms with Crippen LogP contribution in [0.1, 0.15) is 10.4 Å². The van der Waals surface area contributed by atoms with Gasteiger partial charge in [0.05, 0.1) is 21.6 Å². The molecule has 1 aromatic heterocycles. The second-order valence-electron chi connectivity index (χ2n) is 4.63. The molecule has 0 saturated heterocycles. The van der Waals surface area contributed by atoms with Gasteiger partial charge in [0.15, 0.2) is 0 Å². The summed E-state index contributed by atoms with van der Waals surface area (Å²) >= 11 is 9.64. The molecule has 3 rings (SSSR count). The molecule has 0 saturated carbocycles. The van der Waals surface area contributed by atoms with E-state index in [0.717, 1.165) is 15.6 Å². The quantitative estimate of drug-likeness (QED) is 0.734. The number of hydrogen-bond acceptors (Lipinski definition) is 2. The third kappa shape index (κ3) is 2.43. The molecule has 0 atom stereocenters. The van der Waals surface area contributed by atoms with E-state index >= 15 is 0 Å². The molecule has 0 aliphatic rings. The Labute approximate surface area is 134 Å². The molecule has 1 N–H and O–H groups in total. The number of aromatic carboxylic acids is 1. The summed E-state index contributed by atoms with van der Waals surface area (Å²) < 4.78 is 2.79. The number of aryl methyl sites for hydroxylation is 1. The van der Waals surface area contributed by atoms with E-state index in [0.29, 0.717) is 16.4 Å². The highest BCUT2D eigenvalue weighted by Gasteiger charge is 2.14. The number of fused-ring (bicyclic) bond motifs is 1. The van der Waals surface area contributed by atoms with Crippen molar-refractivity contribution in [3.05, 3.63) is 51.5 Å². The van der Waals surface area contributed by atoms with Crippen LogP contribution in [-0.2, 0) is 7.05 Å². The van der Waals surface area contributed by atoms with Gasteiger partial charge in [-0.15, -0.1) is 0 Å². The Morgan fingerprint density at radius 2 is 2.05 bits per heavy atom. The van der Waals surface area contributed by atoms with E-state index in [9.17, 15) is 4.79 Å². The first-order valence-electron chi connectivity index (χ1n) is 6.12. The normalized spacial score (nSPS) is 11.0. The monoisotopic (exact) mass is 364 g/mol. The molecule has 4 nitrogen and oxygen atoms in total. The highest BCUT2D eigenvalue weighted by molar-refractivity contribution is 9.10. The maximum atomic E-state index is 11.0. The molecule has 106 valence electrons. The third-order valence-electron chi connectivity index (χ3n) is 3.30. The molecule has 3 aromatic rings. The van der Waals surface area contributed by atoms with Crippen molar-refractivity contribution in [1.29, 1.82) is 0 Å². The molecule has 0 unspecified atom stereocenters. The van der Waals surface area contributed by atoms with E-state index in [4.69, 9.17) is 16.7 Å². The van der Waals surface area contributed by atoms with Crippen LogP contribution in [0.15, 0.2) is 40.9 Å². The number of hydrogen-bond donors (Lipinski definition) is 1. The van der Waals surface area contributed by atoms with Crippen LogP contribution in [0.4, 0.5) is 0 Å². The minimum Gasteiger partial charge on any atom is -0.478 e. The molecule has 0 spiro atoms. The van der Waals surface area contributed by atoms with Crippen molar-refractivity contribution < 1.29 is 9.90 Å². The van der Waals surface area contributed by atoms with Crippen LogP contribution in [0.2, 0.25) is 5.02 Å². The van der Waals surface area contributed by atoms with Crippen LogP contribution in [0.3, 0.4) is 0 Å². The molecule has 0 bridgehead atoms. The zero-order chi connectivity index (χ0) is 15.1. The molecule has 1 heterocycles. The van der Waals surface area contributed by atoms with Crippen LogP contribution >= 0.6 is 27.5 Å². The maximum Gasteiger partial charge on any atom is 0.335 e. The summed E-state index contributed by atoms with van der Waals surface area (Å²) in [7, 11) is 1.88. The lowest BCUT2D eigenvalue weighted by Crippen LogP contribution is -1.96. The standard InChI is InChI=1S/C15H10BrClN2O2/c1-19-13-5-2-8(15(20)21)6-12(13)18-14(19)10-4-3-9(16)7-11(10)17/h2-7H,1H3,(H,20,21). The van der Waals surface area contributed by atoms with Crippen molar-refractivity contribution in [1.82, 2.24) is 9.55 Å². The predicted octanol–water partition coefficient (Wildman–Crippen LogP) is 4.35. The first-order chi connectivity index (χ1) is 9.97. The summed E-state index contributed by atoms with van der Waals surface area (Å²) in [5.41, 5.74) is 2.50. The van der Waals surface area contributed by atoms with Crippen LogP contribution in [0.25, 0.3) is 22.4 Å². The number of nitrogens with zero attached hydrogens (tertiary/aromatic N) is 2. The molecule has 2 aromatic carbocycles. The number of halogens is 2. The van der Waals surface area contributed by atoms with Gasteiger partial charge in [-0.05, 0) is 36.4 Å². The average molecular weight is 366 g/mol. The topological polar surface area (TPSA) is 55.1 Å². The Balaban J connectivity index is 2.23. The fraction of sp³-hybridized carbons (Fsp3) is 0.0667. The number of carboxylic acid groups (broad SMARTS) is 1. The van der Waals surface area contributed by atoms with Gasteiger partial charge < -0.3 is 9.67 Å². The summed E-state index contributed by atoms with van der Waals surface area (Å²) in [4.78, 5) is 15.6. The first kappa shape index (κ1) is 14.1. The zero-order valence-corrected chi connectivity index (χ0v) is 13.3. The Morgan fingerprint density at radius 3 is 2.71 bits per heavy atom. The second kappa shape index (κ2) is 5.16. The summed E-state index contributed by atoms with van der Waals surface area (Å²) in [5, 5.41) is 9.64. The SMILES string of the molecule is Cn1c(-c2ccc(Br)cc2Cl)nc2cc(C(=O)O)ccc21. The molecular weight excluding hydrogens is 356 g/mol. The van der Waals surface area contributed by atoms with E-state index in [1.807, 2.05) is 23.7 Å². The van der Waals surface area contributed by atoms with Gasteiger partial charge in [-0.1, -0.05) is 27.5 Å². The van der Waals surface area contributed by atoms with E-state index in [1.165, 1.54) is 0 Å². The fourth-order valence-electron chi connectivity index (χ4n) is 2.24. The van der Waals surface area contributed by atoms with Gasteiger partial charge in [-0.25, -0.2) is 9.78 Å². The lowest BCUT2D eigenvalue weighted by Gasteiger charge is -2.05. The second-order valence-corrected chi connectivity index (χ2v) is 5.95. The van der Waals surface area contributed by atoms with E-state index < -0.39 is 5.97 Å². The number of benzene rings is 2. The summed E-state index contributed by atoms with van der Waals surface area (Å²) in [6.07, 6.45) is 0. The lowest BCUT2D eigenvalue weighted by atomic mass is 10.2. The molecule has 0 radical (unpaired) electrons. The maximum absolute atomic E-state index is 11.0. The Morgan fingerprint density at radius 1 is 1.29 bits per heavy atom. The number of carboxylic acids is 1. The van der Waals surface area contributed by atoms with Gasteiger partial charge in [-0.2, -0.15) is 0 Å². The number of imidazole rings is 1. The van der Waals surface area contributed by atoms with Gasteiger partial charge in [0.25, 0.3) is 0 Å². The van der Waals surface area contributed by atoms with Crippen molar-refractivity contribution in [2.75, 3.05) is 0 Å². The zero-order valence-electron chi connectivity index (χ0n) is 11.0. The Bertz CT molecular complexity index is 873. The molecule has 0 fully saturated rings. The van der Waals surface area contributed by atoms with Crippen molar-refractivity contribution >= 4 is 44.5 Å². The smallest absolute Gasteiger partial charge is 0.335 e. The van der Waals surface area contributed by atoms with Gasteiger partial charge in [0.2, 0.25) is 0 Å². The number of carbonyl (C=O) groups is 1. The van der Waals surface area contributed by atoms with E-state index in [-0.39, 0.29) is 5.56 Å². The Hall–Kier alpha value is -1.85. The van der Waals surface area contributed by atoms with Crippen LogP contribution in [-0.4, -0.2) is 20.6 Å². The fourth-order valence-corrected chi connectivity index (χ4v) is 3.00. The number of rotatable bonds is 2. The minimum absolute atomic E-state index is 0.217. The van der Waals surface area contributed by atoms with Crippen molar-refractivity contribution in [2.24, 2.45) is 7.05 Å². The van der Waals surface area contributed by atoms with Gasteiger partial charge in [-0.3, -0.25) is 0 Å². The van der Waals surface area contributed by atoms with Gasteiger partial charge >= 0.3 is 5.97 Å². The predicted molar refractivity (Wildman–Crippen MR) is 85.8 cm³/mol. The summed E-state index contributed by atoms with van der Waals surface area (Å²) in [6, 6.07) is 10.5. The molecule has 21 heavy (non-hydrogen) atoms. The van der Waals surface area contributed by atoms with E-state index in [2.05, 4.69) is 20.9 Å². The van der Waals surface area contributed by atoms with Crippen molar-refractivity contribution in [3.63, 3.8) is 0 Å². The molecule has 0 aliphatic carbocycles. The lowest BCUT2D eigenvalue weighted by molar-refractivity contribution is 0.0697. The number of aromatic nitrogens is 2. The molecule has 6 heteroatoms. The Kier molecular flexibility index (Phi) is 3.47. The molecule has 0 amide bonds. The van der Waals surface area contributed by atoms with E-state index in [1.54, 1.807) is 24.3 Å². The highest BCUT2D eigenvalue weighted by atomic mass is 79.9. The minimum atomic E-state index is -0.967.